The minimum atomic E-state index is -1.24. The molecule has 0 fully saturated rings. The molecule has 0 saturated heterocycles. The van der Waals surface area contributed by atoms with Crippen molar-refractivity contribution >= 4 is 11.9 Å². The maximum absolute atomic E-state index is 11.9. The molecule has 94 valence electrons. The van der Waals surface area contributed by atoms with E-state index in [0.29, 0.717) is 6.54 Å². The van der Waals surface area contributed by atoms with E-state index < -0.39 is 5.97 Å². The summed E-state index contributed by atoms with van der Waals surface area (Å²) in [5.74, 6) is -1.93. The van der Waals surface area contributed by atoms with Crippen LogP contribution in [0.25, 0.3) is 0 Å². The number of aromatic carboxylic acids is 1. The van der Waals surface area contributed by atoms with E-state index in [1.807, 2.05) is 20.8 Å². The highest BCUT2D eigenvalue weighted by Gasteiger charge is 2.22. The molecule has 1 rings (SSSR count). The lowest BCUT2D eigenvalue weighted by Crippen LogP contribution is -2.34. The van der Waals surface area contributed by atoms with Crippen molar-refractivity contribution in [3.8, 4) is 0 Å². The van der Waals surface area contributed by atoms with Crippen molar-refractivity contribution in [1.82, 2.24) is 10.1 Å². The van der Waals surface area contributed by atoms with Gasteiger partial charge in [0.2, 0.25) is 5.76 Å². The lowest BCUT2D eigenvalue weighted by atomic mass is 9.96. The van der Waals surface area contributed by atoms with Gasteiger partial charge in [0.05, 0.1) is 0 Å². The van der Waals surface area contributed by atoms with Gasteiger partial charge in [0.1, 0.15) is 0 Å². The predicted molar refractivity (Wildman–Crippen MR) is 59.9 cm³/mol. The summed E-state index contributed by atoms with van der Waals surface area (Å²) in [5, 5.41) is 12.1. The highest BCUT2D eigenvalue weighted by atomic mass is 16.5. The van der Waals surface area contributed by atoms with Crippen molar-refractivity contribution in [2.75, 3.05) is 13.6 Å². The molecule has 1 N–H and O–H groups in total. The van der Waals surface area contributed by atoms with Crippen molar-refractivity contribution in [1.29, 1.82) is 0 Å². The molecule has 0 aromatic carbocycles. The van der Waals surface area contributed by atoms with Gasteiger partial charge in [0.25, 0.3) is 5.91 Å². The largest absolute Gasteiger partial charge is 0.475 e. The lowest BCUT2D eigenvalue weighted by molar-refractivity contribution is 0.0648. The summed E-state index contributed by atoms with van der Waals surface area (Å²) in [6.45, 7) is 6.55. The third-order valence-electron chi connectivity index (χ3n) is 2.00. The van der Waals surface area contributed by atoms with Crippen LogP contribution >= 0.6 is 0 Å². The first-order valence-electron chi connectivity index (χ1n) is 5.16. The van der Waals surface area contributed by atoms with Gasteiger partial charge >= 0.3 is 5.97 Å². The van der Waals surface area contributed by atoms with Crippen molar-refractivity contribution in [3.05, 3.63) is 17.5 Å². The van der Waals surface area contributed by atoms with Gasteiger partial charge in [-0.2, -0.15) is 0 Å². The molecular weight excluding hydrogens is 224 g/mol. The topological polar surface area (TPSA) is 83.6 Å². The average molecular weight is 240 g/mol. The van der Waals surface area contributed by atoms with Crippen LogP contribution < -0.4 is 0 Å². The number of hydrogen-bond acceptors (Lipinski definition) is 4. The highest BCUT2D eigenvalue weighted by Crippen LogP contribution is 2.16. The number of carboxylic acids is 1. The first-order chi connectivity index (χ1) is 7.70. The zero-order valence-electron chi connectivity index (χ0n) is 10.4. The monoisotopic (exact) mass is 240 g/mol. The Labute approximate surface area is 99.2 Å². The number of rotatable bonds is 3. The quantitative estimate of drug-likeness (QED) is 0.865. The molecule has 6 nitrogen and oxygen atoms in total. The summed E-state index contributed by atoms with van der Waals surface area (Å²) in [6, 6.07) is 1.13. The second-order valence-corrected chi connectivity index (χ2v) is 5.10. The Hall–Kier alpha value is -1.85. The van der Waals surface area contributed by atoms with Crippen LogP contribution in [0, 0.1) is 5.41 Å². The molecule has 1 aromatic rings. The molecule has 0 spiro atoms. The van der Waals surface area contributed by atoms with Crippen LogP contribution in [0.1, 0.15) is 41.8 Å². The summed E-state index contributed by atoms with van der Waals surface area (Å²) >= 11 is 0. The standard InChI is InChI=1S/C11H16N2O4/c1-11(2,3)6-13(4)9(14)7-5-8(10(15)16)17-12-7/h5H,6H2,1-4H3,(H,15,16). The van der Waals surface area contributed by atoms with Gasteiger partial charge < -0.3 is 14.5 Å². The van der Waals surface area contributed by atoms with E-state index in [2.05, 4.69) is 9.68 Å². The minimum Gasteiger partial charge on any atom is -0.475 e. The number of carboxylic acid groups (broad SMARTS) is 1. The number of carbonyl (C=O) groups excluding carboxylic acids is 1. The average Bonchev–Trinajstić information content (AvgIpc) is 2.62. The normalized spacial score (nSPS) is 11.3. The number of nitrogens with zero attached hydrogens (tertiary/aromatic N) is 2. The van der Waals surface area contributed by atoms with Crippen LogP contribution in [0.4, 0.5) is 0 Å². The van der Waals surface area contributed by atoms with Gasteiger partial charge in [-0.05, 0) is 5.41 Å². The zero-order valence-corrected chi connectivity index (χ0v) is 10.4. The summed E-state index contributed by atoms with van der Waals surface area (Å²) < 4.78 is 4.53. The van der Waals surface area contributed by atoms with Crippen LogP contribution in [0.2, 0.25) is 0 Å². The molecule has 17 heavy (non-hydrogen) atoms. The zero-order chi connectivity index (χ0) is 13.2. The summed E-state index contributed by atoms with van der Waals surface area (Å²) in [7, 11) is 1.64. The molecule has 0 bridgehead atoms. The number of hydrogen-bond donors (Lipinski definition) is 1. The number of aromatic nitrogens is 1. The van der Waals surface area contributed by atoms with Gasteiger partial charge in [-0.15, -0.1) is 0 Å². The molecular formula is C11H16N2O4. The molecule has 6 heteroatoms. The Morgan fingerprint density at radius 1 is 1.47 bits per heavy atom. The fourth-order valence-corrected chi connectivity index (χ4v) is 1.46. The second kappa shape index (κ2) is 4.57. The van der Waals surface area contributed by atoms with Gasteiger partial charge in [-0.3, -0.25) is 4.79 Å². The molecule has 0 atom stereocenters. The summed E-state index contributed by atoms with van der Waals surface area (Å²) in [4.78, 5) is 23.9. The van der Waals surface area contributed by atoms with Crippen molar-refractivity contribution in [2.45, 2.75) is 20.8 Å². The van der Waals surface area contributed by atoms with Gasteiger partial charge in [-0.1, -0.05) is 25.9 Å². The lowest BCUT2D eigenvalue weighted by Gasteiger charge is -2.25. The van der Waals surface area contributed by atoms with Crippen LogP contribution in [-0.2, 0) is 0 Å². The molecule has 0 aliphatic rings. The number of amides is 1. The van der Waals surface area contributed by atoms with E-state index in [1.165, 1.54) is 4.90 Å². The van der Waals surface area contributed by atoms with Crippen molar-refractivity contribution < 1.29 is 19.2 Å². The SMILES string of the molecule is CN(CC(C)(C)C)C(=O)c1cc(C(=O)O)on1. The van der Waals surface area contributed by atoms with Gasteiger partial charge in [-0.25, -0.2) is 4.79 Å². The van der Waals surface area contributed by atoms with Crippen LogP contribution in [-0.4, -0.2) is 40.6 Å². The van der Waals surface area contributed by atoms with E-state index in [-0.39, 0.29) is 22.8 Å². The summed E-state index contributed by atoms with van der Waals surface area (Å²) in [6.07, 6.45) is 0. The maximum atomic E-state index is 11.9. The second-order valence-electron chi connectivity index (χ2n) is 5.10. The fourth-order valence-electron chi connectivity index (χ4n) is 1.46. The van der Waals surface area contributed by atoms with E-state index >= 15 is 0 Å². The van der Waals surface area contributed by atoms with E-state index in [1.54, 1.807) is 7.05 Å². The van der Waals surface area contributed by atoms with Crippen LogP contribution in [0.15, 0.2) is 10.6 Å². The summed E-state index contributed by atoms with van der Waals surface area (Å²) in [5.41, 5.74) is -0.0295. The molecule has 1 aromatic heterocycles. The molecule has 0 aliphatic heterocycles. The maximum Gasteiger partial charge on any atom is 0.374 e. The number of carbonyl (C=O) groups is 2. The molecule has 0 radical (unpaired) electrons. The molecule has 0 unspecified atom stereocenters. The fraction of sp³-hybridized carbons (Fsp3) is 0.545. The Kier molecular flexibility index (Phi) is 3.55. The van der Waals surface area contributed by atoms with Crippen molar-refractivity contribution in [2.24, 2.45) is 5.41 Å². The van der Waals surface area contributed by atoms with Crippen LogP contribution in [0.3, 0.4) is 0 Å². The highest BCUT2D eigenvalue weighted by molar-refractivity contribution is 5.94. The van der Waals surface area contributed by atoms with Crippen molar-refractivity contribution in [3.63, 3.8) is 0 Å². The Morgan fingerprint density at radius 2 is 2.06 bits per heavy atom. The van der Waals surface area contributed by atoms with Crippen LogP contribution in [0.5, 0.6) is 0 Å². The van der Waals surface area contributed by atoms with E-state index in [0.717, 1.165) is 6.07 Å². The predicted octanol–water partition coefficient (Wildman–Crippen LogP) is 1.49. The Balaban J connectivity index is 2.78. The molecule has 0 saturated carbocycles. The Bertz CT molecular complexity index is 431. The van der Waals surface area contributed by atoms with Gasteiger partial charge in [0.15, 0.2) is 5.69 Å². The smallest absolute Gasteiger partial charge is 0.374 e. The van der Waals surface area contributed by atoms with E-state index in [4.69, 9.17) is 5.11 Å². The first kappa shape index (κ1) is 13.2. The Morgan fingerprint density at radius 3 is 2.47 bits per heavy atom. The third kappa shape index (κ3) is 3.58. The van der Waals surface area contributed by atoms with E-state index in [9.17, 15) is 9.59 Å². The third-order valence-corrected chi connectivity index (χ3v) is 2.00. The minimum absolute atomic E-state index is 0.00847. The van der Waals surface area contributed by atoms with Gasteiger partial charge in [0, 0.05) is 19.7 Å². The molecule has 1 heterocycles. The molecule has 1 amide bonds. The first-order valence-corrected chi connectivity index (χ1v) is 5.16. The molecule has 0 aliphatic carbocycles.